The van der Waals surface area contributed by atoms with Crippen LogP contribution >= 0.6 is 0 Å². The summed E-state index contributed by atoms with van der Waals surface area (Å²) in [6.45, 7) is 5.70. The van der Waals surface area contributed by atoms with Gasteiger partial charge in [0.25, 0.3) is 5.91 Å². The number of carbonyl (C=O) groups excluding carboxylic acids is 1. The molecule has 0 unspecified atom stereocenters. The van der Waals surface area contributed by atoms with E-state index in [9.17, 15) is 9.18 Å². The van der Waals surface area contributed by atoms with Gasteiger partial charge in [0.2, 0.25) is 0 Å². The van der Waals surface area contributed by atoms with Crippen LogP contribution in [0.25, 0.3) is 0 Å². The summed E-state index contributed by atoms with van der Waals surface area (Å²) >= 11 is 0. The second-order valence-corrected chi connectivity index (χ2v) is 6.68. The standard InChI is InChI=1S/C19H24FN3O2/c1-14(2)23-12-9-21-19(23)15-7-10-22(11-8-15)18(24)13-25-17-5-3-16(20)4-6-17/h3-6,9,12,14-15H,7-8,10-11,13H2,1-2H3. The molecule has 0 aliphatic carbocycles. The first-order valence-corrected chi connectivity index (χ1v) is 8.73. The number of benzene rings is 1. The van der Waals surface area contributed by atoms with E-state index >= 15 is 0 Å². The number of hydrogen-bond acceptors (Lipinski definition) is 3. The fourth-order valence-corrected chi connectivity index (χ4v) is 3.23. The predicted molar refractivity (Wildman–Crippen MR) is 93.1 cm³/mol. The van der Waals surface area contributed by atoms with E-state index in [4.69, 9.17) is 4.74 Å². The summed E-state index contributed by atoms with van der Waals surface area (Å²) < 4.78 is 20.5. The Morgan fingerprint density at radius 1 is 1.28 bits per heavy atom. The molecule has 0 spiro atoms. The van der Waals surface area contributed by atoms with Crippen LogP contribution in [-0.2, 0) is 4.79 Å². The van der Waals surface area contributed by atoms with Gasteiger partial charge in [-0.15, -0.1) is 0 Å². The molecule has 0 atom stereocenters. The number of likely N-dealkylation sites (tertiary alicyclic amines) is 1. The summed E-state index contributed by atoms with van der Waals surface area (Å²) in [5, 5.41) is 0. The molecule has 0 saturated carbocycles. The van der Waals surface area contributed by atoms with Gasteiger partial charge >= 0.3 is 0 Å². The van der Waals surface area contributed by atoms with Crippen molar-refractivity contribution in [2.24, 2.45) is 0 Å². The highest BCUT2D eigenvalue weighted by Crippen LogP contribution is 2.28. The number of carbonyl (C=O) groups is 1. The number of nitrogens with zero attached hydrogens (tertiary/aromatic N) is 3. The molecule has 1 aliphatic rings. The zero-order valence-electron chi connectivity index (χ0n) is 14.7. The van der Waals surface area contributed by atoms with Gasteiger partial charge in [-0.2, -0.15) is 0 Å². The third kappa shape index (κ3) is 4.18. The van der Waals surface area contributed by atoms with Crippen LogP contribution in [0.3, 0.4) is 0 Å². The molecular weight excluding hydrogens is 321 g/mol. The third-order valence-corrected chi connectivity index (χ3v) is 4.64. The highest BCUT2D eigenvalue weighted by atomic mass is 19.1. The maximum absolute atomic E-state index is 12.9. The van der Waals surface area contributed by atoms with E-state index in [0.717, 1.165) is 18.7 Å². The Hall–Kier alpha value is -2.37. The van der Waals surface area contributed by atoms with Gasteiger partial charge in [0, 0.05) is 37.4 Å². The van der Waals surface area contributed by atoms with E-state index < -0.39 is 0 Å². The topological polar surface area (TPSA) is 47.4 Å². The molecule has 134 valence electrons. The number of hydrogen-bond donors (Lipinski definition) is 0. The van der Waals surface area contributed by atoms with E-state index in [2.05, 4.69) is 23.4 Å². The molecule has 25 heavy (non-hydrogen) atoms. The lowest BCUT2D eigenvalue weighted by molar-refractivity contribution is -0.134. The van der Waals surface area contributed by atoms with Gasteiger partial charge in [-0.1, -0.05) is 0 Å². The van der Waals surface area contributed by atoms with Crippen molar-refractivity contribution in [2.75, 3.05) is 19.7 Å². The molecule has 0 radical (unpaired) electrons. The maximum Gasteiger partial charge on any atom is 0.260 e. The zero-order chi connectivity index (χ0) is 17.8. The summed E-state index contributed by atoms with van der Waals surface area (Å²) in [4.78, 5) is 18.7. The van der Waals surface area contributed by atoms with Crippen LogP contribution in [0.4, 0.5) is 4.39 Å². The predicted octanol–water partition coefficient (Wildman–Crippen LogP) is 3.39. The fraction of sp³-hybridized carbons (Fsp3) is 0.474. The minimum atomic E-state index is -0.319. The molecule has 1 aromatic heterocycles. The Bertz CT molecular complexity index is 704. The molecule has 3 rings (SSSR count). The first-order chi connectivity index (χ1) is 12.0. The lowest BCUT2D eigenvalue weighted by Gasteiger charge is -2.32. The van der Waals surface area contributed by atoms with Crippen LogP contribution in [0.5, 0.6) is 5.75 Å². The van der Waals surface area contributed by atoms with Crippen molar-refractivity contribution in [3.05, 3.63) is 48.3 Å². The average Bonchev–Trinajstić information content (AvgIpc) is 3.11. The van der Waals surface area contributed by atoms with Gasteiger partial charge in [0.05, 0.1) is 0 Å². The Balaban J connectivity index is 1.50. The zero-order valence-corrected chi connectivity index (χ0v) is 14.7. The van der Waals surface area contributed by atoms with Crippen molar-refractivity contribution in [1.82, 2.24) is 14.5 Å². The van der Waals surface area contributed by atoms with Gasteiger partial charge in [-0.25, -0.2) is 9.37 Å². The van der Waals surface area contributed by atoms with Crippen molar-refractivity contribution in [3.63, 3.8) is 0 Å². The minimum absolute atomic E-state index is 0.0169. The summed E-state index contributed by atoms with van der Waals surface area (Å²) in [5.74, 6) is 1.66. The van der Waals surface area contributed by atoms with E-state index in [1.54, 1.807) is 0 Å². The number of aromatic nitrogens is 2. The van der Waals surface area contributed by atoms with Crippen molar-refractivity contribution in [1.29, 1.82) is 0 Å². The van der Waals surface area contributed by atoms with Gasteiger partial charge in [0.1, 0.15) is 17.4 Å². The second-order valence-electron chi connectivity index (χ2n) is 6.68. The number of imidazole rings is 1. The first-order valence-electron chi connectivity index (χ1n) is 8.73. The molecular formula is C19H24FN3O2. The van der Waals surface area contributed by atoms with Crippen molar-refractivity contribution in [2.45, 2.75) is 38.6 Å². The summed E-state index contributed by atoms with van der Waals surface area (Å²) in [5.41, 5.74) is 0. The van der Waals surface area contributed by atoms with Crippen LogP contribution in [0.2, 0.25) is 0 Å². The molecule has 2 aromatic rings. The quantitative estimate of drug-likeness (QED) is 0.834. The molecule has 5 nitrogen and oxygen atoms in total. The monoisotopic (exact) mass is 345 g/mol. The normalized spacial score (nSPS) is 15.6. The van der Waals surface area contributed by atoms with Crippen molar-refractivity contribution >= 4 is 5.91 Å². The number of piperidine rings is 1. The minimum Gasteiger partial charge on any atom is -0.484 e. The first kappa shape index (κ1) is 17.5. The van der Waals surface area contributed by atoms with Crippen LogP contribution in [0, 0.1) is 5.82 Å². The van der Waals surface area contributed by atoms with E-state index in [1.165, 1.54) is 24.3 Å². The summed E-state index contributed by atoms with van der Waals surface area (Å²) in [6, 6.07) is 6.09. The largest absolute Gasteiger partial charge is 0.484 e. The van der Waals surface area contributed by atoms with E-state index in [1.807, 2.05) is 17.3 Å². The third-order valence-electron chi connectivity index (χ3n) is 4.64. The highest BCUT2D eigenvalue weighted by Gasteiger charge is 2.26. The van der Waals surface area contributed by atoms with Crippen molar-refractivity contribution < 1.29 is 13.9 Å². The van der Waals surface area contributed by atoms with Crippen LogP contribution in [-0.4, -0.2) is 40.1 Å². The molecule has 1 fully saturated rings. The molecule has 6 heteroatoms. The Labute approximate surface area is 147 Å². The number of halogens is 1. The molecule has 1 saturated heterocycles. The van der Waals surface area contributed by atoms with Gasteiger partial charge in [0.15, 0.2) is 6.61 Å². The molecule has 0 bridgehead atoms. The number of rotatable bonds is 5. The molecule has 2 heterocycles. The smallest absolute Gasteiger partial charge is 0.260 e. The molecule has 1 amide bonds. The SMILES string of the molecule is CC(C)n1ccnc1C1CCN(C(=O)COc2ccc(F)cc2)CC1. The Morgan fingerprint density at radius 3 is 2.60 bits per heavy atom. The van der Waals surface area contributed by atoms with E-state index in [-0.39, 0.29) is 18.3 Å². The second kappa shape index (κ2) is 7.68. The summed E-state index contributed by atoms with van der Waals surface area (Å²) in [6.07, 6.45) is 5.69. The fourth-order valence-electron chi connectivity index (χ4n) is 3.23. The lowest BCUT2D eigenvalue weighted by Crippen LogP contribution is -2.40. The van der Waals surface area contributed by atoms with Gasteiger partial charge in [-0.3, -0.25) is 4.79 Å². The van der Waals surface area contributed by atoms with Crippen LogP contribution < -0.4 is 4.74 Å². The highest BCUT2D eigenvalue weighted by molar-refractivity contribution is 5.77. The number of amides is 1. The summed E-state index contributed by atoms with van der Waals surface area (Å²) in [7, 11) is 0. The molecule has 1 aliphatic heterocycles. The van der Waals surface area contributed by atoms with Gasteiger partial charge in [-0.05, 0) is 51.0 Å². The lowest BCUT2D eigenvalue weighted by atomic mass is 9.95. The Kier molecular flexibility index (Phi) is 5.36. The average molecular weight is 345 g/mol. The van der Waals surface area contributed by atoms with Crippen molar-refractivity contribution in [3.8, 4) is 5.75 Å². The van der Waals surface area contributed by atoms with Gasteiger partial charge < -0.3 is 14.2 Å². The van der Waals surface area contributed by atoms with Crippen LogP contribution in [0.1, 0.15) is 44.5 Å². The Morgan fingerprint density at radius 2 is 1.96 bits per heavy atom. The molecule has 0 N–H and O–H groups in total. The maximum atomic E-state index is 12.9. The van der Waals surface area contributed by atoms with Crippen LogP contribution in [0.15, 0.2) is 36.7 Å². The molecule has 1 aromatic carbocycles. The van der Waals surface area contributed by atoms with E-state index in [0.29, 0.717) is 30.8 Å². The number of ether oxygens (including phenoxy) is 1.